The monoisotopic (exact) mass is 212 g/mol. The number of rotatable bonds is 3. The zero-order chi connectivity index (χ0) is 10.8. The van der Waals surface area contributed by atoms with Crippen LogP contribution >= 0.6 is 7.37 Å². The quantitative estimate of drug-likeness (QED) is 0.720. The van der Waals surface area contributed by atoms with Gasteiger partial charge in [-0.2, -0.15) is 0 Å². The highest BCUT2D eigenvalue weighted by molar-refractivity contribution is 7.66. The van der Waals surface area contributed by atoms with Gasteiger partial charge in [0.25, 0.3) is 0 Å². The van der Waals surface area contributed by atoms with Crippen molar-refractivity contribution >= 4 is 12.7 Å². The summed E-state index contributed by atoms with van der Waals surface area (Å²) in [7, 11) is -2.62. The third kappa shape index (κ3) is 2.97. The zero-order valence-corrected chi connectivity index (χ0v) is 10.0. The van der Waals surface area contributed by atoms with E-state index in [1.165, 1.54) is 5.56 Å². The highest BCUT2D eigenvalue weighted by Crippen LogP contribution is 2.42. The number of aryl methyl sites for hydroxylation is 1. The Morgan fingerprint density at radius 1 is 1.21 bits per heavy atom. The van der Waals surface area contributed by atoms with Gasteiger partial charge in [-0.25, -0.2) is 0 Å². The minimum absolute atomic E-state index is 0.00728. The van der Waals surface area contributed by atoms with E-state index >= 15 is 0 Å². The Hall–Kier alpha value is -0.590. The minimum atomic E-state index is -2.62. The van der Waals surface area contributed by atoms with Crippen LogP contribution in [-0.4, -0.2) is 12.8 Å². The number of hydrogen-bond acceptors (Lipinski definition) is 2. The summed E-state index contributed by atoms with van der Waals surface area (Å²) in [5, 5.41) is 0.789. The van der Waals surface area contributed by atoms with Gasteiger partial charge in [0.1, 0.15) is 0 Å². The van der Waals surface area contributed by atoms with Crippen molar-refractivity contribution in [1.82, 2.24) is 0 Å². The molecule has 0 aliphatic rings. The summed E-state index contributed by atoms with van der Waals surface area (Å²) >= 11 is 0. The molecular formula is C11H17O2P. The molecule has 2 nitrogen and oxygen atoms in total. The lowest BCUT2D eigenvalue weighted by Gasteiger charge is -2.16. The lowest BCUT2D eigenvalue weighted by molar-refractivity contribution is 0.251. The first-order valence-corrected chi connectivity index (χ1v) is 6.82. The molecule has 0 amide bonds. The third-order valence-corrected chi connectivity index (χ3v) is 3.98. The van der Waals surface area contributed by atoms with Gasteiger partial charge < -0.3 is 4.52 Å². The van der Waals surface area contributed by atoms with Gasteiger partial charge >= 0.3 is 0 Å². The summed E-state index contributed by atoms with van der Waals surface area (Å²) < 4.78 is 17.5. The molecule has 1 aromatic carbocycles. The molecule has 0 aliphatic heterocycles. The summed E-state index contributed by atoms with van der Waals surface area (Å²) in [4.78, 5) is 0. The van der Waals surface area contributed by atoms with Crippen LogP contribution in [0.5, 0.6) is 0 Å². The van der Waals surface area contributed by atoms with Crippen LogP contribution in [0.1, 0.15) is 19.4 Å². The predicted octanol–water partition coefficient (Wildman–Crippen LogP) is 2.95. The fourth-order valence-corrected chi connectivity index (χ4v) is 2.90. The largest absolute Gasteiger partial charge is 0.323 e. The molecule has 0 unspecified atom stereocenters. The summed E-state index contributed by atoms with van der Waals surface area (Å²) in [6.07, 6.45) is -0.00728. The fraction of sp³-hybridized carbons (Fsp3) is 0.455. The van der Waals surface area contributed by atoms with Crippen molar-refractivity contribution in [2.75, 3.05) is 6.66 Å². The molecule has 3 heteroatoms. The van der Waals surface area contributed by atoms with E-state index in [-0.39, 0.29) is 6.10 Å². The van der Waals surface area contributed by atoms with Crippen molar-refractivity contribution in [2.24, 2.45) is 0 Å². The van der Waals surface area contributed by atoms with E-state index < -0.39 is 7.37 Å². The Balaban J connectivity index is 2.92. The Kier molecular flexibility index (Phi) is 3.52. The molecule has 78 valence electrons. The van der Waals surface area contributed by atoms with Gasteiger partial charge in [0.15, 0.2) is 0 Å². The molecule has 0 heterocycles. The number of benzene rings is 1. The lowest BCUT2D eigenvalue weighted by atomic mass is 10.2. The zero-order valence-electron chi connectivity index (χ0n) is 9.15. The summed E-state index contributed by atoms with van der Waals surface area (Å²) in [5.74, 6) is 0. The van der Waals surface area contributed by atoms with Crippen molar-refractivity contribution in [3.63, 3.8) is 0 Å². The van der Waals surface area contributed by atoms with Gasteiger partial charge in [-0.05, 0) is 32.9 Å². The van der Waals surface area contributed by atoms with Crippen LogP contribution in [0.2, 0.25) is 0 Å². The molecule has 0 aromatic heterocycles. The fourth-order valence-electron chi connectivity index (χ4n) is 1.28. The van der Waals surface area contributed by atoms with Crippen LogP contribution in [0.4, 0.5) is 0 Å². The van der Waals surface area contributed by atoms with Crippen molar-refractivity contribution in [2.45, 2.75) is 26.9 Å². The van der Waals surface area contributed by atoms with Gasteiger partial charge in [0.05, 0.1) is 6.10 Å². The highest BCUT2D eigenvalue weighted by atomic mass is 31.2. The third-order valence-electron chi connectivity index (χ3n) is 1.91. The van der Waals surface area contributed by atoms with Crippen LogP contribution in [-0.2, 0) is 9.09 Å². The average Bonchev–Trinajstić information content (AvgIpc) is 2.02. The molecule has 0 saturated heterocycles. The van der Waals surface area contributed by atoms with E-state index in [1.807, 2.05) is 45.0 Å². The van der Waals surface area contributed by atoms with Gasteiger partial charge in [0.2, 0.25) is 7.37 Å². The van der Waals surface area contributed by atoms with Crippen molar-refractivity contribution < 1.29 is 9.09 Å². The second kappa shape index (κ2) is 4.29. The maximum absolute atomic E-state index is 12.1. The second-order valence-corrected chi connectivity index (χ2v) is 6.25. The molecule has 0 spiro atoms. The first-order chi connectivity index (χ1) is 6.42. The minimum Gasteiger partial charge on any atom is -0.323 e. The van der Waals surface area contributed by atoms with Crippen molar-refractivity contribution in [1.29, 1.82) is 0 Å². The van der Waals surface area contributed by atoms with Crippen LogP contribution in [0.15, 0.2) is 24.3 Å². The maximum Gasteiger partial charge on any atom is 0.229 e. The average molecular weight is 212 g/mol. The van der Waals surface area contributed by atoms with E-state index in [2.05, 4.69) is 0 Å². The standard InChI is InChI=1S/C11H17O2P/c1-9(2)13-14(4,12)11-7-5-10(3)6-8-11/h5-9H,1-4H3/t14-/m0/s1. The van der Waals surface area contributed by atoms with Crippen LogP contribution in [0.3, 0.4) is 0 Å². The van der Waals surface area contributed by atoms with Gasteiger partial charge in [-0.3, -0.25) is 4.57 Å². The van der Waals surface area contributed by atoms with Gasteiger partial charge in [-0.1, -0.05) is 17.7 Å². The Morgan fingerprint density at radius 3 is 2.14 bits per heavy atom. The van der Waals surface area contributed by atoms with Crippen LogP contribution < -0.4 is 5.30 Å². The van der Waals surface area contributed by atoms with E-state index in [0.717, 1.165) is 5.30 Å². The predicted molar refractivity (Wildman–Crippen MR) is 60.6 cm³/mol. The van der Waals surface area contributed by atoms with E-state index in [1.54, 1.807) is 6.66 Å². The second-order valence-electron chi connectivity index (χ2n) is 3.84. The van der Waals surface area contributed by atoms with E-state index in [9.17, 15) is 4.57 Å². The molecule has 0 N–H and O–H groups in total. The van der Waals surface area contributed by atoms with E-state index in [0.29, 0.717) is 0 Å². The van der Waals surface area contributed by atoms with Crippen LogP contribution in [0.25, 0.3) is 0 Å². The van der Waals surface area contributed by atoms with Crippen LogP contribution in [0, 0.1) is 6.92 Å². The first-order valence-electron chi connectivity index (χ1n) is 4.75. The SMILES string of the molecule is Cc1ccc([P@@](C)(=O)OC(C)C)cc1. The number of hydrogen-bond donors (Lipinski definition) is 0. The smallest absolute Gasteiger partial charge is 0.229 e. The maximum atomic E-state index is 12.1. The molecule has 14 heavy (non-hydrogen) atoms. The molecule has 1 atom stereocenters. The topological polar surface area (TPSA) is 26.3 Å². The van der Waals surface area contributed by atoms with Gasteiger partial charge in [-0.15, -0.1) is 0 Å². The molecular weight excluding hydrogens is 195 g/mol. The molecule has 0 radical (unpaired) electrons. The lowest BCUT2D eigenvalue weighted by Crippen LogP contribution is -2.10. The summed E-state index contributed by atoms with van der Waals surface area (Å²) in [5.41, 5.74) is 1.17. The summed E-state index contributed by atoms with van der Waals surface area (Å²) in [6, 6.07) is 7.65. The molecule has 0 aliphatic carbocycles. The highest BCUT2D eigenvalue weighted by Gasteiger charge is 2.20. The molecule has 1 rings (SSSR count). The molecule has 0 bridgehead atoms. The Labute approximate surface area is 85.7 Å². The molecule has 0 fully saturated rings. The summed E-state index contributed by atoms with van der Waals surface area (Å²) in [6.45, 7) is 7.46. The van der Waals surface area contributed by atoms with E-state index in [4.69, 9.17) is 4.52 Å². The Morgan fingerprint density at radius 2 is 1.71 bits per heavy atom. The van der Waals surface area contributed by atoms with Gasteiger partial charge in [0, 0.05) is 12.0 Å². The Bertz CT molecular complexity index is 341. The first kappa shape index (κ1) is 11.5. The molecule has 0 saturated carbocycles. The van der Waals surface area contributed by atoms with Crippen molar-refractivity contribution in [3.8, 4) is 0 Å². The van der Waals surface area contributed by atoms with Crippen molar-refractivity contribution in [3.05, 3.63) is 29.8 Å². The normalized spacial score (nSPS) is 15.5. The molecule has 1 aromatic rings.